The summed E-state index contributed by atoms with van der Waals surface area (Å²) < 4.78 is 13.7. The number of benzene rings is 1. The summed E-state index contributed by atoms with van der Waals surface area (Å²) in [5, 5.41) is 0.803. The molecule has 5 aromatic rings. The lowest BCUT2D eigenvalue weighted by molar-refractivity contribution is 0.0602. The molecule has 8 nitrogen and oxygen atoms in total. The standard InChI is InChI=1S/C20H14N4O4/c1-27-20(26)14-6-4-8-23-9-12(22-18(14)23)10-24-11-21-16-13-5-2-3-7-15(13)28-17(16)19(24)25/h2-9,11H,10H2,1H3. The van der Waals surface area contributed by atoms with Gasteiger partial charge in [0.2, 0.25) is 5.58 Å². The van der Waals surface area contributed by atoms with E-state index in [0.29, 0.717) is 28.0 Å². The van der Waals surface area contributed by atoms with E-state index in [1.807, 2.05) is 18.2 Å². The molecule has 5 rings (SSSR count). The fraction of sp³-hybridized carbons (Fsp3) is 0.100. The Morgan fingerprint density at radius 1 is 1.21 bits per heavy atom. The molecule has 0 fully saturated rings. The number of carbonyl (C=O) groups excluding carboxylic acids is 1. The molecule has 0 aliphatic carbocycles. The second kappa shape index (κ2) is 6.05. The van der Waals surface area contributed by atoms with E-state index >= 15 is 0 Å². The van der Waals surface area contributed by atoms with Gasteiger partial charge in [-0.1, -0.05) is 12.1 Å². The summed E-state index contributed by atoms with van der Waals surface area (Å²) in [6.07, 6.45) is 5.02. The zero-order valence-corrected chi connectivity index (χ0v) is 14.8. The molecule has 0 unspecified atom stereocenters. The molecule has 0 N–H and O–H groups in total. The van der Waals surface area contributed by atoms with Gasteiger partial charge in [-0.2, -0.15) is 0 Å². The number of imidazole rings is 1. The lowest BCUT2D eigenvalue weighted by atomic mass is 10.2. The average Bonchev–Trinajstić information content (AvgIpc) is 3.30. The number of ether oxygens (including phenoxy) is 1. The predicted molar refractivity (Wildman–Crippen MR) is 101 cm³/mol. The molecule has 4 heterocycles. The number of aromatic nitrogens is 4. The minimum absolute atomic E-state index is 0.196. The average molecular weight is 374 g/mol. The molecule has 0 spiro atoms. The van der Waals surface area contributed by atoms with Gasteiger partial charge in [0, 0.05) is 17.8 Å². The van der Waals surface area contributed by atoms with Gasteiger partial charge in [0.15, 0.2) is 5.65 Å². The van der Waals surface area contributed by atoms with Crippen LogP contribution in [0, 0.1) is 0 Å². The van der Waals surface area contributed by atoms with E-state index in [9.17, 15) is 9.59 Å². The van der Waals surface area contributed by atoms with Crippen molar-refractivity contribution in [2.45, 2.75) is 6.54 Å². The highest BCUT2D eigenvalue weighted by molar-refractivity contribution is 6.01. The zero-order chi connectivity index (χ0) is 19.3. The zero-order valence-electron chi connectivity index (χ0n) is 14.8. The quantitative estimate of drug-likeness (QED) is 0.451. The molecule has 4 aromatic heterocycles. The number of para-hydroxylation sites is 1. The molecular weight excluding hydrogens is 360 g/mol. The van der Waals surface area contributed by atoms with Gasteiger partial charge in [0.25, 0.3) is 5.56 Å². The van der Waals surface area contributed by atoms with Crippen molar-refractivity contribution in [2.24, 2.45) is 0 Å². The second-order valence-corrected chi connectivity index (χ2v) is 6.33. The van der Waals surface area contributed by atoms with E-state index in [0.717, 1.165) is 5.39 Å². The Balaban J connectivity index is 1.60. The van der Waals surface area contributed by atoms with Crippen molar-refractivity contribution in [3.05, 3.63) is 76.7 Å². The second-order valence-electron chi connectivity index (χ2n) is 6.33. The lowest BCUT2D eigenvalue weighted by Crippen LogP contribution is -2.20. The van der Waals surface area contributed by atoms with Crippen LogP contribution >= 0.6 is 0 Å². The van der Waals surface area contributed by atoms with Crippen LogP contribution < -0.4 is 5.56 Å². The number of rotatable bonds is 3. The third-order valence-electron chi connectivity index (χ3n) is 4.62. The van der Waals surface area contributed by atoms with Gasteiger partial charge in [-0.25, -0.2) is 14.8 Å². The van der Waals surface area contributed by atoms with E-state index in [1.54, 1.807) is 35.0 Å². The van der Waals surface area contributed by atoms with Gasteiger partial charge in [-0.3, -0.25) is 9.36 Å². The summed E-state index contributed by atoms with van der Waals surface area (Å²) in [6, 6.07) is 10.8. The molecular formula is C20H14N4O4. The molecule has 28 heavy (non-hydrogen) atoms. The Bertz CT molecular complexity index is 1430. The third kappa shape index (κ3) is 2.38. The molecule has 0 aliphatic rings. The molecule has 0 saturated heterocycles. The van der Waals surface area contributed by atoms with Gasteiger partial charge >= 0.3 is 5.97 Å². The molecule has 0 radical (unpaired) electrons. The number of pyridine rings is 1. The first kappa shape index (κ1) is 16.2. The maximum atomic E-state index is 12.9. The van der Waals surface area contributed by atoms with Crippen molar-refractivity contribution < 1.29 is 13.9 Å². The first-order chi connectivity index (χ1) is 13.7. The van der Waals surface area contributed by atoms with Crippen LogP contribution in [0.5, 0.6) is 0 Å². The minimum Gasteiger partial charge on any atom is -0.465 e. The van der Waals surface area contributed by atoms with Crippen molar-refractivity contribution in [3.8, 4) is 0 Å². The molecule has 0 saturated carbocycles. The normalized spacial score (nSPS) is 11.5. The van der Waals surface area contributed by atoms with Gasteiger partial charge in [0.1, 0.15) is 16.7 Å². The minimum atomic E-state index is -0.467. The Morgan fingerprint density at radius 3 is 2.93 bits per heavy atom. The summed E-state index contributed by atoms with van der Waals surface area (Å²) in [7, 11) is 1.32. The molecule has 138 valence electrons. The van der Waals surface area contributed by atoms with Gasteiger partial charge in [0.05, 0.1) is 25.7 Å². The Labute approximate surface area is 157 Å². The highest BCUT2D eigenvalue weighted by Gasteiger charge is 2.16. The topological polar surface area (TPSA) is 91.6 Å². The molecule has 8 heteroatoms. The fourth-order valence-corrected chi connectivity index (χ4v) is 3.31. The fourth-order valence-electron chi connectivity index (χ4n) is 3.31. The van der Waals surface area contributed by atoms with Gasteiger partial charge in [-0.05, 0) is 24.3 Å². The number of carbonyl (C=O) groups is 1. The largest absolute Gasteiger partial charge is 0.465 e. The Morgan fingerprint density at radius 2 is 2.07 bits per heavy atom. The summed E-state index contributed by atoms with van der Waals surface area (Å²) in [5.74, 6) is -0.467. The number of nitrogens with zero attached hydrogens (tertiary/aromatic N) is 4. The molecule has 0 aliphatic heterocycles. The summed E-state index contributed by atoms with van der Waals surface area (Å²) in [5.41, 5.74) is 2.52. The highest BCUT2D eigenvalue weighted by Crippen LogP contribution is 2.24. The summed E-state index contributed by atoms with van der Waals surface area (Å²) >= 11 is 0. The number of hydrogen-bond donors (Lipinski definition) is 0. The van der Waals surface area contributed by atoms with Crippen molar-refractivity contribution in [2.75, 3.05) is 7.11 Å². The van der Waals surface area contributed by atoms with Crippen molar-refractivity contribution in [1.29, 1.82) is 0 Å². The maximum Gasteiger partial charge on any atom is 0.341 e. The SMILES string of the molecule is COC(=O)c1cccn2cc(Cn3cnc4c(oc5ccccc54)c3=O)nc12. The lowest BCUT2D eigenvalue weighted by Gasteiger charge is -2.01. The van der Waals surface area contributed by atoms with Crippen LogP contribution in [0.4, 0.5) is 0 Å². The monoisotopic (exact) mass is 374 g/mol. The van der Waals surface area contributed by atoms with Crippen molar-refractivity contribution >= 4 is 33.7 Å². The van der Waals surface area contributed by atoms with E-state index in [1.165, 1.54) is 18.0 Å². The smallest absolute Gasteiger partial charge is 0.341 e. The number of fused-ring (bicyclic) bond motifs is 4. The van der Waals surface area contributed by atoms with Gasteiger partial charge in [-0.15, -0.1) is 0 Å². The Hall–Kier alpha value is -3.94. The maximum absolute atomic E-state index is 12.9. The van der Waals surface area contributed by atoms with Crippen LogP contribution in [-0.2, 0) is 11.3 Å². The molecule has 0 bridgehead atoms. The van der Waals surface area contributed by atoms with Crippen LogP contribution in [0.15, 0.2) is 64.3 Å². The van der Waals surface area contributed by atoms with Gasteiger partial charge < -0.3 is 13.6 Å². The van der Waals surface area contributed by atoms with Crippen LogP contribution in [0.3, 0.4) is 0 Å². The number of furan rings is 1. The third-order valence-corrected chi connectivity index (χ3v) is 4.62. The number of esters is 1. The number of hydrogen-bond acceptors (Lipinski definition) is 6. The van der Waals surface area contributed by atoms with Crippen LogP contribution in [-0.4, -0.2) is 32.0 Å². The molecule has 1 aromatic carbocycles. The molecule has 0 amide bonds. The molecule has 0 atom stereocenters. The van der Waals surface area contributed by atoms with Crippen LogP contribution in [0.1, 0.15) is 16.1 Å². The first-order valence-corrected chi connectivity index (χ1v) is 8.57. The highest BCUT2D eigenvalue weighted by atomic mass is 16.5. The first-order valence-electron chi connectivity index (χ1n) is 8.57. The van der Waals surface area contributed by atoms with E-state index in [2.05, 4.69) is 9.97 Å². The van der Waals surface area contributed by atoms with Crippen LogP contribution in [0.25, 0.3) is 27.7 Å². The van der Waals surface area contributed by atoms with Crippen molar-refractivity contribution in [1.82, 2.24) is 18.9 Å². The van der Waals surface area contributed by atoms with E-state index < -0.39 is 5.97 Å². The summed E-state index contributed by atoms with van der Waals surface area (Å²) in [4.78, 5) is 33.7. The summed E-state index contributed by atoms with van der Waals surface area (Å²) in [6.45, 7) is 0.196. The van der Waals surface area contributed by atoms with Crippen LogP contribution in [0.2, 0.25) is 0 Å². The number of methoxy groups -OCH3 is 1. The van der Waals surface area contributed by atoms with E-state index in [-0.39, 0.29) is 17.7 Å². The Kier molecular flexibility index (Phi) is 3.51. The van der Waals surface area contributed by atoms with E-state index in [4.69, 9.17) is 9.15 Å². The predicted octanol–water partition coefficient (Wildman–Crippen LogP) is 2.63. The van der Waals surface area contributed by atoms with Crippen molar-refractivity contribution in [3.63, 3.8) is 0 Å².